The molecule has 2 aliphatic rings. The minimum Gasteiger partial charge on any atom is -0.337 e. The van der Waals surface area contributed by atoms with Crippen LogP contribution in [0.4, 0.5) is 0 Å². The van der Waals surface area contributed by atoms with E-state index in [1.165, 1.54) is 4.31 Å². The van der Waals surface area contributed by atoms with Gasteiger partial charge in [0.2, 0.25) is 17.3 Å². The summed E-state index contributed by atoms with van der Waals surface area (Å²) in [6.07, 6.45) is 0.805. The second kappa shape index (κ2) is 3.12. The lowest BCUT2D eigenvalue weighted by atomic mass is 10.2. The molecular formula is C7H10N2O3S. The third-order valence-corrected chi connectivity index (χ3v) is 3.16. The van der Waals surface area contributed by atoms with Gasteiger partial charge in [-0.1, -0.05) is 0 Å². The first-order valence-electron chi connectivity index (χ1n) is 3.99. The van der Waals surface area contributed by atoms with Crippen molar-refractivity contribution in [1.82, 2.24) is 9.21 Å². The molecule has 0 aliphatic carbocycles. The van der Waals surface area contributed by atoms with Crippen molar-refractivity contribution in [1.29, 1.82) is 0 Å². The van der Waals surface area contributed by atoms with Crippen molar-refractivity contribution in [3.63, 3.8) is 0 Å². The largest absolute Gasteiger partial charge is 0.337 e. The summed E-state index contributed by atoms with van der Waals surface area (Å²) in [6, 6.07) is 0. The Balaban J connectivity index is 2.05. The van der Waals surface area contributed by atoms with Crippen LogP contribution in [0.5, 0.6) is 0 Å². The molecule has 0 bridgehead atoms. The van der Waals surface area contributed by atoms with Crippen molar-refractivity contribution in [2.24, 2.45) is 0 Å². The number of carbonyl (C=O) groups is 1. The van der Waals surface area contributed by atoms with Crippen LogP contribution in [0.3, 0.4) is 0 Å². The van der Waals surface area contributed by atoms with Crippen LogP contribution in [0.25, 0.3) is 0 Å². The SMILES string of the molecule is O=CN1CC2=C(C1)CN([SH](=O)=O)C2. The Morgan fingerprint density at radius 2 is 1.62 bits per heavy atom. The van der Waals surface area contributed by atoms with E-state index >= 15 is 0 Å². The van der Waals surface area contributed by atoms with Crippen molar-refractivity contribution < 1.29 is 13.2 Å². The molecule has 1 amide bonds. The molecule has 2 aliphatic heterocycles. The third-order valence-electron chi connectivity index (χ3n) is 2.41. The molecule has 0 radical (unpaired) electrons. The molecule has 0 atom stereocenters. The van der Waals surface area contributed by atoms with E-state index in [1.807, 2.05) is 0 Å². The molecule has 0 aromatic carbocycles. The highest BCUT2D eigenvalue weighted by atomic mass is 32.2. The van der Waals surface area contributed by atoms with Crippen LogP contribution in [0.15, 0.2) is 11.1 Å². The molecule has 0 spiro atoms. The monoisotopic (exact) mass is 202 g/mol. The summed E-state index contributed by atoms with van der Waals surface area (Å²) in [5, 5.41) is 0. The van der Waals surface area contributed by atoms with Gasteiger partial charge in [0, 0.05) is 26.2 Å². The van der Waals surface area contributed by atoms with Crippen molar-refractivity contribution in [3.05, 3.63) is 11.1 Å². The lowest BCUT2D eigenvalue weighted by Gasteiger charge is -2.14. The number of hydrogen-bond acceptors (Lipinski definition) is 3. The number of nitrogens with zero attached hydrogens (tertiary/aromatic N) is 2. The van der Waals surface area contributed by atoms with Crippen molar-refractivity contribution >= 4 is 17.3 Å². The molecule has 0 N–H and O–H groups in total. The van der Waals surface area contributed by atoms with Gasteiger partial charge in [-0.05, 0) is 11.1 Å². The van der Waals surface area contributed by atoms with E-state index in [9.17, 15) is 13.2 Å². The zero-order valence-corrected chi connectivity index (χ0v) is 7.87. The Labute approximate surface area is 77.7 Å². The van der Waals surface area contributed by atoms with Gasteiger partial charge in [-0.25, -0.2) is 8.42 Å². The van der Waals surface area contributed by atoms with Gasteiger partial charge in [0.15, 0.2) is 0 Å². The molecule has 0 unspecified atom stereocenters. The zero-order valence-electron chi connectivity index (χ0n) is 6.97. The topological polar surface area (TPSA) is 57.7 Å². The lowest BCUT2D eigenvalue weighted by Crippen LogP contribution is -2.28. The van der Waals surface area contributed by atoms with Gasteiger partial charge in [-0.3, -0.25) is 4.79 Å². The van der Waals surface area contributed by atoms with Crippen LogP contribution in [0, 0.1) is 0 Å². The predicted molar refractivity (Wildman–Crippen MR) is 46.6 cm³/mol. The van der Waals surface area contributed by atoms with Crippen LogP contribution in [-0.4, -0.2) is 50.2 Å². The Morgan fingerprint density at radius 3 is 2.00 bits per heavy atom. The molecule has 2 heterocycles. The molecule has 0 aromatic heterocycles. The quantitative estimate of drug-likeness (QED) is 0.340. The summed E-state index contributed by atoms with van der Waals surface area (Å²) in [5.41, 5.74) is 2.18. The maximum absolute atomic E-state index is 10.6. The molecule has 2 rings (SSSR count). The van der Waals surface area contributed by atoms with Gasteiger partial charge in [0.25, 0.3) is 0 Å². The molecule has 0 aromatic rings. The van der Waals surface area contributed by atoms with Crippen LogP contribution in [0.1, 0.15) is 0 Å². The second-order valence-corrected chi connectivity index (χ2v) is 4.32. The van der Waals surface area contributed by atoms with Crippen molar-refractivity contribution in [2.45, 2.75) is 0 Å². The van der Waals surface area contributed by atoms with Crippen LogP contribution in [0.2, 0.25) is 0 Å². The van der Waals surface area contributed by atoms with Crippen LogP contribution < -0.4 is 0 Å². The first-order chi connectivity index (χ1) is 6.20. The molecule has 6 heteroatoms. The zero-order chi connectivity index (χ0) is 9.42. The van der Waals surface area contributed by atoms with Gasteiger partial charge in [-0.15, -0.1) is 0 Å². The Kier molecular flexibility index (Phi) is 2.09. The summed E-state index contributed by atoms with van der Waals surface area (Å²) in [7, 11) is -2.46. The highest BCUT2D eigenvalue weighted by molar-refractivity contribution is 7.69. The molecule has 72 valence electrons. The number of thiol groups is 1. The van der Waals surface area contributed by atoms with Gasteiger partial charge in [0.1, 0.15) is 0 Å². The summed E-state index contributed by atoms with van der Waals surface area (Å²) in [4.78, 5) is 12.1. The van der Waals surface area contributed by atoms with E-state index in [1.54, 1.807) is 4.90 Å². The highest BCUT2D eigenvalue weighted by Gasteiger charge is 2.29. The van der Waals surface area contributed by atoms with Crippen molar-refractivity contribution in [2.75, 3.05) is 26.2 Å². The first-order valence-corrected chi connectivity index (χ1v) is 5.12. The summed E-state index contributed by atoms with van der Waals surface area (Å²) in [5.74, 6) is 0. The van der Waals surface area contributed by atoms with E-state index in [2.05, 4.69) is 0 Å². The number of carbonyl (C=O) groups excluding carboxylic acids is 1. The van der Waals surface area contributed by atoms with Crippen LogP contribution >= 0.6 is 0 Å². The first kappa shape index (κ1) is 8.71. The summed E-state index contributed by atoms with van der Waals surface area (Å²) < 4.78 is 22.7. The summed E-state index contributed by atoms with van der Waals surface area (Å²) in [6.45, 7) is 2.13. The van der Waals surface area contributed by atoms with Crippen LogP contribution in [-0.2, 0) is 15.7 Å². The van der Waals surface area contributed by atoms with E-state index < -0.39 is 10.9 Å². The molecule has 5 nitrogen and oxygen atoms in total. The van der Waals surface area contributed by atoms with E-state index in [0.717, 1.165) is 17.6 Å². The van der Waals surface area contributed by atoms with E-state index in [0.29, 0.717) is 26.2 Å². The fourth-order valence-electron chi connectivity index (χ4n) is 1.78. The molecule has 0 fully saturated rings. The second-order valence-electron chi connectivity index (χ2n) is 3.28. The molecule has 13 heavy (non-hydrogen) atoms. The van der Waals surface area contributed by atoms with E-state index in [4.69, 9.17) is 0 Å². The minimum atomic E-state index is -2.46. The summed E-state index contributed by atoms with van der Waals surface area (Å²) >= 11 is 0. The average Bonchev–Trinajstić information content (AvgIpc) is 2.58. The predicted octanol–water partition coefficient (Wildman–Crippen LogP) is -1.40. The van der Waals surface area contributed by atoms with Gasteiger partial charge in [0.05, 0.1) is 0 Å². The molecular weight excluding hydrogens is 192 g/mol. The fourth-order valence-corrected chi connectivity index (χ4v) is 2.35. The third kappa shape index (κ3) is 1.47. The Morgan fingerprint density at radius 1 is 1.08 bits per heavy atom. The molecule has 0 saturated heterocycles. The lowest BCUT2D eigenvalue weighted by molar-refractivity contribution is -0.117. The molecule has 0 saturated carbocycles. The normalized spacial score (nSPS) is 23.0. The van der Waals surface area contributed by atoms with Crippen molar-refractivity contribution in [3.8, 4) is 0 Å². The Hall–Kier alpha value is -0.880. The maximum atomic E-state index is 10.6. The number of hydrogen-bond donors (Lipinski definition) is 1. The Bertz CT molecular complexity index is 322. The smallest absolute Gasteiger partial charge is 0.210 e. The minimum absolute atomic E-state index is 0.471. The average molecular weight is 202 g/mol. The standard InChI is InChI=1S/C7H10N2O3S/c10-5-8-1-6-3-9(13(11)12)4-7(6)2-8/h5,13H,1-4H2. The number of amides is 1. The van der Waals surface area contributed by atoms with E-state index in [-0.39, 0.29) is 0 Å². The van der Waals surface area contributed by atoms with Gasteiger partial charge < -0.3 is 4.90 Å². The number of rotatable bonds is 2. The maximum Gasteiger partial charge on any atom is 0.210 e. The van der Waals surface area contributed by atoms with Gasteiger partial charge in [-0.2, -0.15) is 4.31 Å². The highest BCUT2D eigenvalue weighted by Crippen LogP contribution is 2.24. The fraction of sp³-hybridized carbons (Fsp3) is 0.571. The van der Waals surface area contributed by atoms with Gasteiger partial charge >= 0.3 is 0 Å².